The van der Waals surface area contributed by atoms with Gasteiger partial charge < -0.3 is 25.0 Å². The molecule has 162 valence electrons. The summed E-state index contributed by atoms with van der Waals surface area (Å²) in [5, 5.41) is 5.76. The Morgan fingerprint density at radius 2 is 1.65 bits per heavy atom. The molecule has 6 nitrogen and oxygen atoms in total. The average molecular weight is 420 g/mol. The second-order valence-corrected chi connectivity index (χ2v) is 7.29. The van der Waals surface area contributed by atoms with Crippen molar-refractivity contribution in [1.82, 2.24) is 5.32 Å². The van der Waals surface area contributed by atoms with E-state index in [0.29, 0.717) is 26.4 Å². The van der Waals surface area contributed by atoms with Crippen LogP contribution in [0.1, 0.15) is 11.1 Å². The van der Waals surface area contributed by atoms with Crippen LogP contribution in [0.3, 0.4) is 0 Å². The van der Waals surface area contributed by atoms with Gasteiger partial charge in [0.25, 0.3) is 0 Å². The van der Waals surface area contributed by atoms with Gasteiger partial charge in [0.1, 0.15) is 12.4 Å². The first-order valence-corrected chi connectivity index (χ1v) is 10.3. The molecule has 0 aliphatic carbocycles. The summed E-state index contributed by atoms with van der Waals surface area (Å²) in [7, 11) is 3.98. The molecule has 3 rings (SSSR count). The number of amides is 2. The third kappa shape index (κ3) is 7.68. The zero-order chi connectivity index (χ0) is 21.9. The second kappa shape index (κ2) is 11.6. The number of anilines is 2. The van der Waals surface area contributed by atoms with Gasteiger partial charge in [0.15, 0.2) is 0 Å². The van der Waals surface area contributed by atoms with Crippen molar-refractivity contribution in [3.63, 3.8) is 0 Å². The van der Waals surface area contributed by atoms with Crippen LogP contribution in [0.25, 0.3) is 0 Å². The molecule has 0 radical (unpaired) electrons. The molecule has 0 aliphatic rings. The second-order valence-electron chi connectivity index (χ2n) is 7.29. The third-order valence-corrected chi connectivity index (χ3v) is 4.57. The van der Waals surface area contributed by atoms with Crippen LogP contribution in [-0.4, -0.2) is 33.3 Å². The normalized spacial score (nSPS) is 10.4. The lowest BCUT2D eigenvalue weighted by molar-refractivity contribution is 0.0889. The number of hydrogen-bond donors (Lipinski definition) is 2. The monoisotopic (exact) mass is 419 g/mol. The maximum Gasteiger partial charge on any atom is 0.319 e. The van der Waals surface area contributed by atoms with Crippen molar-refractivity contribution in [3.8, 4) is 5.75 Å². The molecule has 0 aromatic heterocycles. The number of hydrogen-bond acceptors (Lipinski definition) is 4. The van der Waals surface area contributed by atoms with Gasteiger partial charge in [0.2, 0.25) is 0 Å². The molecule has 3 aromatic carbocycles. The number of para-hydroxylation sites is 1. The first kappa shape index (κ1) is 22.2. The van der Waals surface area contributed by atoms with Crippen LogP contribution < -0.4 is 20.3 Å². The smallest absolute Gasteiger partial charge is 0.319 e. The first-order valence-electron chi connectivity index (χ1n) is 10.3. The van der Waals surface area contributed by atoms with Gasteiger partial charge >= 0.3 is 6.03 Å². The Morgan fingerprint density at radius 1 is 0.871 bits per heavy atom. The summed E-state index contributed by atoms with van der Waals surface area (Å²) in [5.74, 6) is 0.830. The zero-order valence-electron chi connectivity index (χ0n) is 18.0. The quantitative estimate of drug-likeness (QED) is 0.469. The van der Waals surface area contributed by atoms with Gasteiger partial charge in [-0.25, -0.2) is 4.79 Å². The zero-order valence-corrected chi connectivity index (χ0v) is 18.0. The van der Waals surface area contributed by atoms with Crippen molar-refractivity contribution in [1.29, 1.82) is 0 Å². The van der Waals surface area contributed by atoms with E-state index in [-0.39, 0.29) is 6.03 Å². The van der Waals surface area contributed by atoms with E-state index in [1.54, 1.807) is 0 Å². The minimum Gasteiger partial charge on any atom is -0.491 e. The van der Waals surface area contributed by atoms with Crippen LogP contribution >= 0.6 is 0 Å². The van der Waals surface area contributed by atoms with E-state index >= 15 is 0 Å². The largest absolute Gasteiger partial charge is 0.491 e. The summed E-state index contributed by atoms with van der Waals surface area (Å²) >= 11 is 0. The number of benzene rings is 3. The predicted molar refractivity (Wildman–Crippen MR) is 125 cm³/mol. The first-order chi connectivity index (χ1) is 15.1. The van der Waals surface area contributed by atoms with Gasteiger partial charge in [-0.15, -0.1) is 0 Å². The number of carbonyl (C=O) groups excluding carboxylic acids is 1. The summed E-state index contributed by atoms with van der Waals surface area (Å²) in [6.45, 7) is 1.88. The maximum atomic E-state index is 12.3. The summed E-state index contributed by atoms with van der Waals surface area (Å²) in [6.07, 6.45) is 0. The van der Waals surface area contributed by atoms with Crippen molar-refractivity contribution < 1.29 is 14.3 Å². The molecule has 0 atom stereocenters. The van der Waals surface area contributed by atoms with Gasteiger partial charge in [-0.1, -0.05) is 42.5 Å². The molecule has 31 heavy (non-hydrogen) atoms. The van der Waals surface area contributed by atoms with Gasteiger partial charge in [0.05, 0.1) is 13.2 Å². The van der Waals surface area contributed by atoms with E-state index in [1.165, 1.54) is 0 Å². The molecule has 0 saturated carbocycles. The van der Waals surface area contributed by atoms with Crippen molar-refractivity contribution in [2.45, 2.75) is 13.2 Å². The molecular formula is C25H29N3O3. The van der Waals surface area contributed by atoms with Crippen LogP contribution in [0.15, 0.2) is 78.9 Å². The minimum absolute atomic E-state index is 0.246. The summed E-state index contributed by atoms with van der Waals surface area (Å²) in [6, 6.07) is 25.1. The lowest BCUT2D eigenvalue weighted by atomic mass is 10.2. The van der Waals surface area contributed by atoms with Crippen molar-refractivity contribution in [2.75, 3.05) is 37.5 Å². The number of urea groups is 1. The van der Waals surface area contributed by atoms with Gasteiger partial charge in [0, 0.05) is 32.0 Å². The molecule has 0 aliphatic heterocycles. The number of nitrogens with one attached hydrogen (secondary N) is 2. The fourth-order valence-electron chi connectivity index (χ4n) is 2.97. The number of rotatable bonds is 10. The Morgan fingerprint density at radius 3 is 2.45 bits per heavy atom. The highest BCUT2D eigenvalue weighted by Gasteiger charge is 2.04. The van der Waals surface area contributed by atoms with Crippen LogP contribution in [0.5, 0.6) is 5.75 Å². The molecule has 2 amide bonds. The van der Waals surface area contributed by atoms with Crippen molar-refractivity contribution in [3.05, 3.63) is 90.0 Å². The van der Waals surface area contributed by atoms with E-state index in [9.17, 15) is 4.79 Å². The van der Waals surface area contributed by atoms with Crippen molar-refractivity contribution >= 4 is 17.4 Å². The van der Waals surface area contributed by atoms with Gasteiger partial charge in [-0.05, 0) is 47.5 Å². The average Bonchev–Trinajstić information content (AvgIpc) is 2.79. The SMILES string of the molecule is CN(C)c1cccc(CNC(=O)Nc2cccc(COCCOc3ccccc3)c2)c1. The highest BCUT2D eigenvalue weighted by atomic mass is 16.5. The molecule has 0 spiro atoms. The lowest BCUT2D eigenvalue weighted by Gasteiger charge is -2.14. The number of ether oxygens (including phenoxy) is 2. The summed E-state index contributed by atoms with van der Waals surface area (Å²) < 4.78 is 11.3. The standard InChI is InChI=1S/C25H29N3O3/c1-28(2)23-11-7-8-20(17-23)18-26-25(29)27-22-10-6-9-21(16-22)19-30-14-15-31-24-12-4-3-5-13-24/h3-13,16-17H,14-15,18-19H2,1-2H3,(H2,26,27,29). The summed E-state index contributed by atoms with van der Waals surface area (Å²) in [4.78, 5) is 14.3. The van der Waals surface area contributed by atoms with Gasteiger partial charge in [-0.2, -0.15) is 0 Å². The molecule has 0 fully saturated rings. The Kier molecular flexibility index (Phi) is 8.31. The van der Waals surface area contributed by atoms with E-state index in [4.69, 9.17) is 9.47 Å². The van der Waals surface area contributed by atoms with E-state index in [0.717, 1.165) is 28.3 Å². The van der Waals surface area contributed by atoms with Crippen LogP contribution in [0.2, 0.25) is 0 Å². The molecule has 3 aromatic rings. The Hall–Kier alpha value is -3.51. The molecule has 0 unspecified atom stereocenters. The van der Waals surface area contributed by atoms with Crippen molar-refractivity contribution in [2.24, 2.45) is 0 Å². The fourth-order valence-corrected chi connectivity index (χ4v) is 2.97. The van der Waals surface area contributed by atoms with Gasteiger partial charge in [-0.3, -0.25) is 0 Å². The Balaban J connectivity index is 1.40. The van der Waals surface area contributed by atoms with Crippen LogP contribution in [0, 0.1) is 0 Å². The maximum absolute atomic E-state index is 12.3. The molecular weight excluding hydrogens is 390 g/mol. The highest BCUT2D eigenvalue weighted by Crippen LogP contribution is 2.14. The molecule has 2 N–H and O–H groups in total. The van der Waals surface area contributed by atoms with Crippen LogP contribution in [0.4, 0.5) is 16.2 Å². The fraction of sp³-hybridized carbons (Fsp3) is 0.240. The third-order valence-electron chi connectivity index (χ3n) is 4.57. The Labute approximate surface area is 183 Å². The summed E-state index contributed by atoms with van der Waals surface area (Å²) in [5.41, 5.74) is 3.85. The number of nitrogens with zero attached hydrogens (tertiary/aromatic N) is 1. The van der Waals surface area contributed by atoms with Crippen LogP contribution in [-0.2, 0) is 17.9 Å². The molecule has 0 heterocycles. The highest BCUT2D eigenvalue weighted by molar-refractivity contribution is 5.89. The predicted octanol–water partition coefficient (Wildman–Crippen LogP) is 4.67. The lowest BCUT2D eigenvalue weighted by Crippen LogP contribution is -2.28. The topological polar surface area (TPSA) is 62.8 Å². The Bertz CT molecular complexity index is 961. The number of carbonyl (C=O) groups is 1. The molecule has 6 heteroatoms. The van der Waals surface area contributed by atoms with E-state index < -0.39 is 0 Å². The minimum atomic E-state index is -0.246. The molecule has 0 saturated heterocycles. The molecule has 0 bridgehead atoms. The van der Waals surface area contributed by atoms with E-state index in [1.807, 2.05) is 91.8 Å². The van der Waals surface area contributed by atoms with E-state index in [2.05, 4.69) is 16.7 Å².